The van der Waals surface area contributed by atoms with E-state index in [-0.39, 0.29) is 11.8 Å². The Hall–Kier alpha value is -0.990. The largest absolute Gasteiger partial charge is 0.381 e. The standard InChI is InChI=1S/C6H8N2O/c7-6(9)5-1-3-8-4-2-5/h1,3,5,8H,2H2,(H2,7,9). The summed E-state index contributed by atoms with van der Waals surface area (Å²) in [6.45, 7) is 2.78. The first-order valence-electron chi connectivity index (χ1n) is 2.75. The number of hydrogen-bond donors (Lipinski definition) is 2. The molecule has 0 aromatic carbocycles. The average Bonchev–Trinajstić information content (AvgIpc) is 1.90. The molecule has 3 heteroatoms. The lowest BCUT2D eigenvalue weighted by Crippen LogP contribution is -2.25. The second kappa shape index (κ2) is 2.53. The number of hydrogen-bond acceptors (Lipinski definition) is 2. The van der Waals surface area contributed by atoms with Crippen LogP contribution in [-0.2, 0) is 4.79 Å². The lowest BCUT2D eigenvalue weighted by atomic mass is 10.0. The highest BCUT2D eigenvalue weighted by Gasteiger charge is 2.13. The van der Waals surface area contributed by atoms with Gasteiger partial charge in [-0.15, -0.1) is 0 Å². The van der Waals surface area contributed by atoms with E-state index in [9.17, 15) is 4.79 Å². The lowest BCUT2D eigenvalue weighted by molar-refractivity contribution is -0.120. The molecule has 2 radical (unpaired) electrons. The Bertz CT molecular complexity index is 142. The molecular formula is C6H8N2O. The summed E-state index contributed by atoms with van der Waals surface area (Å²) < 4.78 is 0. The van der Waals surface area contributed by atoms with Crippen molar-refractivity contribution in [2.45, 2.75) is 6.42 Å². The van der Waals surface area contributed by atoms with Crippen molar-refractivity contribution >= 4 is 5.91 Å². The molecule has 0 saturated carbocycles. The summed E-state index contributed by atoms with van der Waals surface area (Å²) in [6, 6.07) is 0. The van der Waals surface area contributed by atoms with Gasteiger partial charge in [-0.25, -0.2) is 0 Å². The van der Waals surface area contributed by atoms with Crippen LogP contribution in [0.1, 0.15) is 6.42 Å². The molecule has 0 spiro atoms. The predicted molar refractivity (Wildman–Crippen MR) is 32.8 cm³/mol. The molecule has 3 nitrogen and oxygen atoms in total. The zero-order chi connectivity index (χ0) is 6.69. The Kier molecular flexibility index (Phi) is 1.72. The fourth-order valence-corrected chi connectivity index (χ4v) is 0.656. The third-order valence-electron chi connectivity index (χ3n) is 1.20. The highest BCUT2D eigenvalue weighted by molar-refractivity contribution is 5.78. The van der Waals surface area contributed by atoms with E-state index in [0.717, 1.165) is 0 Å². The smallest absolute Gasteiger partial charge is 0.224 e. The van der Waals surface area contributed by atoms with E-state index in [4.69, 9.17) is 5.73 Å². The third kappa shape index (κ3) is 1.45. The maximum Gasteiger partial charge on any atom is 0.224 e. The molecule has 3 N–H and O–H groups in total. The van der Waals surface area contributed by atoms with E-state index in [1.54, 1.807) is 12.3 Å². The molecule has 0 aliphatic carbocycles. The molecule has 1 heterocycles. The van der Waals surface area contributed by atoms with Crippen LogP contribution in [0.3, 0.4) is 0 Å². The highest BCUT2D eigenvalue weighted by atomic mass is 16.1. The van der Waals surface area contributed by atoms with Crippen LogP contribution >= 0.6 is 0 Å². The molecule has 0 aromatic rings. The fraction of sp³-hybridized carbons (Fsp3) is 0.333. The van der Waals surface area contributed by atoms with Crippen LogP contribution in [0.4, 0.5) is 0 Å². The molecule has 1 unspecified atom stereocenters. The van der Waals surface area contributed by atoms with Crippen LogP contribution in [0.25, 0.3) is 0 Å². The van der Waals surface area contributed by atoms with Crippen LogP contribution in [0.2, 0.25) is 0 Å². The van der Waals surface area contributed by atoms with Crippen LogP contribution in [-0.4, -0.2) is 5.91 Å². The Balaban J connectivity index is 2.50. The predicted octanol–water partition coefficient (Wildman–Crippen LogP) is -0.366. The number of carbonyl (C=O) groups is 1. The van der Waals surface area contributed by atoms with Gasteiger partial charge < -0.3 is 11.1 Å². The minimum absolute atomic E-state index is 0.161. The van der Waals surface area contributed by atoms with Crippen LogP contribution < -0.4 is 11.1 Å². The average molecular weight is 124 g/mol. The minimum Gasteiger partial charge on any atom is -0.381 e. The molecule has 9 heavy (non-hydrogen) atoms. The number of nitrogens with one attached hydrogen (secondary N) is 1. The maximum atomic E-state index is 10.5. The van der Waals surface area contributed by atoms with E-state index in [1.807, 2.05) is 0 Å². The zero-order valence-electron chi connectivity index (χ0n) is 4.92. The van der Waals surface area contributed by atoms with Crippen molar-refractivity contribution in [1.82, 2.24) is 5.32 Å². The molecule has 1 aliphatic heterocycles. The molecule has 0 bridgehead atoms. The van der Waals surface area contributed by atoms with Gasteiger partial charge in [-0.1, -0.05) is 6.08 Å². The van der Waals surface area contributed by atoms with E-state index < -0.39 is 0 Å². The molecule has 0 aromatic heterocycles. The summed E-state index contributed by atoms with van der Waals surface area (Å²) in [4.78, 5) is 10.5. The molecule has 1 atom stereocenters. The summed E-state index contributed by atoms with van der Waals surface area (Å²) in [7, 11) is 0. The van der Waals surface area contributed by atoms with Crippen LogP contribution in [0.15, 0.2) is 12.3 Å². The summed E-state index contributed by atoms with van der Waals surface area (Å²) in [5.74, 6) is -0.452. The number of nitrogens with two attached hydrogens (primary N) is 1. The monoisotopic (exact) mass is 124 g/mol. The quantitative estimate of drug-likeness (QED) is 0.501. The third-order valence-corrected chi connectivity index (χ3v) is 1.20. The van der Waals surface area contributed by atoms with Gasteiger partial charge in [-0.2, -0.15) is 0 Å². The molecule has 48 valence electrons. The van der Waals surface area contributed by atoms with E-state index in [0.29, 0.717) is 6.42 Å². The second-order valence-electron chi connectivity index (χ2n) is 1.89. The summed E-state index contributed by atoms with van der Waals surface area (Å²) >= 11 is 0. The summed E-state index contributed by atoms with van der Waals surface area (Å²) in [6.07, 6.45) is 3.98. The van der Waals surface area contributed by atoms with Gasteiger partial charge >= 0.3 is 0 Å². The van der Waals surface area contributed by atoms with Crippen molar-refractivity contribution in [3.63, 3.8) is 0 Å². The van der Waals surface area contributed by atoms with Gasteiger partial charge in [0.2, 0.25) is 5.91 Å². The van der Waals surface area contributed by atoms with Gasteiger partial charge in [0.15, 0.2) is 0 Å². The second-order valence-corrected chi connectivity index (χ2v) is 1.89. The number of primary amides is 1. The van der Waals surface area contributed by atoms with Crippen molar-refractivity contribution in [1.29, 1.82) is 0 Å². The zero-order valence-corrected chi connectivity index (χ0v) is 4.92. The van der Waals surface area contributed by atoms with Gasteiger partial charge in [0, 0.05) is 0 Å². The first kappa shape index (κ1) is 6.13. The van der Waals surface area contributed by atoms with Gasteiger partial charge in [-0.3, -0.25) is 4.79 Å². The van der Waals surface area contributed by atoms with Gasteiger partial charge in [0.05, 0.1) is 12.5 Å². The molecule has 1 amide bonds. The van der Waals surface area contributed by atoms with Crippen LogP contribution in [0, 0.1) is 12.5 Å². The van der Waals surface area contributed by atoms with E-state index in [1.165, 1.54) is 0 Å². The molecule has 1 aliphatic rings. The Morgan fingerprint density at radius 2 is 2.67 bits per heavy atom. The van der Waals surface area contributed by atoms with E-state index in [2.05, 4.69) is 11.9 Å². The Labute approximate surface area is 53.9 Å². The first-order valence-corrected chi connectivity index (χ1v) is 2.75. The number of rotatable bonds is 1. The van der Waals surface area contributed by atoms with Gasteiger partial charge in [0.1, 0.15) is 0 Å². The Morgan fingerprint density at radius 1 is 1.89 bits per heavy atom. The first-order chi connectivity index (χ1) is 4.30. The lowest BCUT2D eigenvalue weighted by Gasteiger charge is -2.11. The summed E-state index contributed by atoms with van der Waals surface area (Å²) in [5.41, 5.74) is 5.01. The summed E-state index contributed by atoms with van der Waals surface area (Å²) in [5, 5.41) is 2.73. The fourth-order valence-electron chi connectivity index (χ4n) is 0.656. The van der Waals surface area contributed by atoms with E-state index >= 15 is 0 Å². The Morgan fingerprint density at radius 3 is 3.00 bits per heavy atom. The minimum atomic E-state index is -0.291. The molecule has 0 fully saturated rings. The number of carbonyl (C=O) groups excluding carboxylic acids is 1. The van der Waals surface area contributed by atoms with Crippen molar-refractivity contribution < 1.29 is 4.79 Å². The van der Waals surface area contributed by atoms with Crippen molar-refractivity contribution in [2.24, 2.45) is 11.7 Å². The van der Waals surface area contributed by atoms with Crippen molar-refractivity contribution in [2.75, 3.05) is 0 Å². The van der Waals surface area contributed by atoms with Crippen molar-refractivity contribution in [3.8, 4) is 0 Å². The topological polar surface area (TPSA) is 55.1 Å². The molecule has 0 saturated heterocycles. The SMILES string of the molecule is NC(=O)C1C=CN[C]C1. The van der Waals surface area contributed by atoms with Gasteiger partial charge in [0.25, 0.3) is 0 Å². The highest BCUT2D eigenvalue weighted by Crippen LogP contribution is 2.08. The van der Waals surface area contributed by atoms with Gasteiger partial charge in [-0.05, 0) is 12.6 Å². The maximum absolute atomic E-state index is 10.5. The normalized spacial score (nSPS) is 25.1. The molecular weight excluding hydrogens is 116 g/mol. The van der Waals surface area contributed by atoms with Crippen molar-refractivity contribution in [3.05, 3.63) is 18.8 Å². The number of amides is 1. The molecule has 1 rings (SSSR count). The van der Waals surface area contributed by atoms with Crippen LogP contribution in [0.5, 0.6) is 0 Å².